The largest absolute Gasteiger partial charge is 0.504 e. The highest BCUT2D eigenvalue weighted by atomic mass is 16.5. The number of hydrogen-bond donors (Lipinski definition) is 2. The Morgan fingerprint density at radius 2 is 1.89 bits per heavy atom. The van der Waals surface area contributed by atoms with Crippen LogP contribution in [0.4, 0.5) is 0 Å². The van der Waals surface area contributed by atoms with Gasteiger partial charge in [-0.25, -0.2) is 0 Å². The summed E-state index contributed by atoms with van der Waals surface area (Å²) in [5, 5.41) is 20.3. The normalized spacial score (nSPS) is 17.0. The lowest BCUT2D eigenvalue weighted by Gasteiger charge is -2.28. The maximum absolute atomic E-state index is 12.7. The Bertz CT molecular complexity index is 755. The summed E-state index contributed by atoms with van der Waals surface area (Å²) in [4.78, 5) is 28.6. The Morgan fingerprint density at radius 3 is 2.46 bits per heavy atom. The van der Waals surface area contributed by atoms with E-state index in [1.807, 2.05) is 0 Å². The number of phenols is 1. The van der Waals surface area contributed by atoms with Crippen LogP contribution in [-0.2, 0) is 9.59 Å². The third-order valence-electron chi connectivity index (χ3n) is 5.05. The van der Waals surface area contributed by atoms with Crippen LogP contribution in [0.3, 0.4) is 0 Å². The molecule has 0 aromatic heterocycles. The highest BCUT2D eigenvalue weighted by Gasteiger charge is 2.42. The first-order chi connectivity index (χ1) is 13.3. The van der Waals surface area contributed by atoms with Crippen molar-refractivity contribution in [2.24, 2.45) is 0 Å². The van der Waals surface area contributed by atoms with E-state index < -0.39 is 17.7 Å². The number of nitrogens with zero attached hydrogens (tertiary/aromatic N) is 2. The fourth-order valence-corrected chi connectivity index (χ4v) is 3.57. The SMILES string of the molecule is CCOc1cc([C@@H]2C(C(C)=O)=C(O)C(=O)N2CCCN(CC)CC)ccc1O. The van der Waals surface area contributed by atoms with Crippen molar-refractivity contribution < 1.29 is 24.5 Å². The number of carbonyl (C=O) groups is 2. The molecule has 2 N–H and O–H groups in total. The second-order valence-corrected chi connectivity index (χ2v) is 6.76. The lowest BCUT2D eigenvalue weighted by molar-refractivity contribution is -0.129. The number of Topliss-reactive ketones (excluding diaryl/α,β-unsaturated/α-hetero) is 1. The average Bonchev–Trinajstić information content (AvgIpc) is 2.92. The highest BCUT2D eigenvalue weighted by molar-refractivity contribution is 6.08. The topological polar surface area (TPSA) is 90.3 Å². The monoisotopic (exact) mass is 390 g/mol. The number of hydrogen-bond acceptors (Lipinski definition) is 6. The Morgan fingerprint density at radius 1 is 1.21 bits per heavy atom. The molecule has 0 saturated heterocycles. The minimum absolute atomic E-state index is 0.0133. The summed E-state index contributed by atoms with van der Waals surface area (Å²) < 4.78 is 5.44. The summed E-state index contributed by atoms with van der Waals surface area (Å²) in [6, 6.07) is 4.05. The van der Waals surface area contributed by atoms with Crippen molar-refractivity contribution in [1.82, 2.24) is 9.80 Å². The molecule has 0 spiro atoms. The third-order valence-corrected chi connectivity index (χ3v) is 5.05. The first-order valence-electron chi connectivity index (χ1n) is 9.78. The first kappa shape index (κ1) is 21.8. The van der Waals surface area contributed by atoms with Gasteiger partial charge < -0.3 is 24.7 Å². The van der Waals surface area contributed by atoms with E-state index in [4.69, 9.17) is 4.74 Å². The number of benzene rings is 1. The molecule has 7 nitrogen and oxygen atoms in total. The van der Waals surface area contributed by atoms with Gasteiger partial charge in [0.05, 0.1) is 18.2 Å². The van der Waals surface area contributed by atoms with Crippen LogP contribution >= 0.6 is 0 Å². The van der Waals surface area contributed by atoms with E-state index in [2.05, 4.69) is 18.7 Å². The fourth-order valence-electron chi connectivity index (χ4n) is 3.57. The van der Waals surface area contributed by atoms with Gasteiger partial charge in [-0.2, -0.15) is 0 Å². The van der Waals surface area contributed by atoms with E-state index in [9.17, 15) is 19.8 Å². The molecule has 7 heteroatoms. The van der Waals surface area contributed by atoms with Crippen LogP contribution < -0.4 is 4.74 Å². The molecule has 0 radical (unpaired) electrons. The molecule has 28 heavy (non-hydrogen) atoms. The molecule has 1 heterocycles. The minimum Gasteiger partial charge on any atom is -0.504 e. The van der Waals surface area contributed by atoms with Gasteiger partial charge in [0.25, 0.3) is 5.91 Å². The van der Waals surface area contributed by atoms with Crippen molar-refractivity contribution >= 4 is 11.7 Å². The molecule has 0 bridgehead atoms. The number of phenolic OH excluding ortho intramolecular Hbond substituents is 1. The summed E-state index contributed by atoms with van der Waals surface area (Å²) in [6.45, 7) is 10.8. The van der Waals surface area contributed by atoms with Crippen molar-refractivity contribution in [3.05, 3.63) is 35.1 Å². The molecule has 1 aromatic carbocycles. The molecule has 0 unspecified atom stereocenters. The molecular formula is C21H30N2O5. The van der Waals surface area contributed by atoms with Crippen LogP contribution in [0.5, 0.6) is 11.5 Å². The number of aliphatic hydroxyl groups is 1. The Balaban J connectivity index is 2.35. The molecule has 154 valence electrons. The third kappa shape index (κ3) is 4.47. The summed E-state index contributed by atoms with van der Waals surface area (Å²) in [5.41, 5.74) is 0.702. The average molecular weight is 390 g/mol. The zero-order chi connectivity index (χ0) is 20.8. The predicted molar refractivity (Wildman–Crippen MR) is 106 cm³/mol. The maximum atomic E-state index is 12.7. The van der Waals surface area contributed by atoms with Gasteiger partial charge in [0, 0.05) is 6.54 Å². The van der Waals surface area contributed by atoms with Crippen LogP contribution in [0.1, 0.15) is 45.7 Å². The van der Waals surface area contributed by atoms with Gasteiger partial charge in [-0.1, -0.05) is 19.9 Å². The molecule has 1 aliphatic rings. The minimum atomic E-state index is -0.693. The van der Waals surface area contributed by atoms with Crippen LogP contribution in [0.2, 0.25) is 0 Å². The zero-order valence-corrected chi connectivity index (χ0v) is 17.1. The summed E-state index contributed by atoms with van der Waals surface area (Å²) in [5.74, 6) is -1.12. The number of ether oxygens (including phenoxy) is 1. The standard InChI is InChI=1S/C21H30N2O5/c1-5-22(6-2)11-8-12-23-19(18(14(4)24)20(26)21(23)27)15-9-10-16(25)17(13-15)28-7-3/h9-10,13,19,25-26H,5-8,11-12H2,1-4H3/t19-/m1/s1. The van der Waals surface area contributed by atoms with E-state index >= 15 is 0 Å². The number of aliphatic hydroxyl groups excluding tert-OH is 1. The Kier molecular flexibility index (Phi) is 7.45. The fraction of sp³-hybridized carbons (Fsp3) is 0.524. The number of ketones is 1. The van der Waals surface area contributed by atoms with Gasteiger partial charge in [-0.3, -0.25) is 9.59 Å². The lowest BCUT2D eigenvalue weighted by Crippen LogP contribution is -2.34. The van der Waals surface area contributed by atoms with E-state index in [1.165, 1.54) is 17.9 Å². The maximum Gasteiger partial charge on any atom is 0.290 e. The van der Waals surface area contributed by atoms with Crippen LogP contribution in [0.15, 0.2) is 29.5 Å². The molecule has 1 amide bonds. The Hall–Kier alpha value is -2.54. The second-order valence-electron chi connectivity index (χ2n) is 6.76. The van der Waals surface area contributed by atoms with Gasteiger partial charge in [0.2, 0.25) is 0 Å². The van der Waals surface area contributed by atoms with Crippen molar-refractivity contribution in [3.63, 3.8) is 0 Å². The van der Waals surface area contributed by atoms with Crippen molar-refractivity contribution in [1.29, 1.82) is 0 Å². The molecule has 0 saturated carbocycles. The number of aromatic hydroxyl groups is 1. The molecule has 1 atom stereocenters. The van der Waals surface area contributed by atoms with Gasteiger partial charge >= 0.3 is 0 Å². The van der Waals surface area contributed by atoms with E-state index in [-0.39, 0.29) is 22.9 Å². The summed E-state index contributed by atoms with van der Waals surface area (Å²) in [6.07, 6.45) is 0.721. The number of amides is 1. The molecule has 1 aromatic rings. The van der Waals surface area contributed by atoms with Gasteiger partial charge in [0.15, 0.2) is 23.0 Å². The van der Waals surface area contributed by atoms with E-state index in [0.29, 0.717) is 18.7 Å². The Labute approximate surface area is 166 Å². The first-order valence-corrected chi connectivity index (χ1v) is 9.78. The smallest absolute Gasteiger partial charge is 0.290 e. The second kappa shape index (κ2) is 9.59. The predicted octanol–water partition coefficient (Wildman–Crippen LogP) is 2.81. The quantitative estimate of drug-likeness (QED) is 0.638. The van der Waals surface area contributed by atoms with Gasteiger partial charge in [-0.15, -0.1) is 0 Å². The molecular weight excluding hydrogens is 360 g/mol. The highest BCUT2D eigenvalue weighted by Crippen LogP contribution is 2.40. The summed E-state index contributed by atoms with van der Waals surface area (Å²) in [7, 11) is 0. The van der Waals surface area contributed by atoms with Gasteiger partial charge in [-0.05, 0) is 57.6 Å². The zero-order valence-electron chi connectivity index (χ0n) is 17.1. The molecule has 0 aliphatic carbocycles. The van der Waals surface area contributed by atoms with Crippen molar-refractivity contribution in [3.8, 4) is 11.5 Å². The number of carbonyl (C=O) groups excluding carboxylic acids is 2. The van der Waals surface area contributed by atoms with Crippen LogP contribution in [0, 0.1) is 0 Å². The van der Waals surface area contributed by atoms with E-state index in [1.54, 1.807) is 19.1 Å². The molecule has 2 rings (SSSR count). The number of rotatable bonds is 10. The van der Waals surface area contributed by atoms with Gasteiger partial charge in [0.1, 0.15) is 0 Å². The van der Waals surface area contributed by atoms with Crippen molar-refractivity contribution in [2.45, 2.75) is 40.2 Å². The van der Waals surface area contributed by atoms with Crippen LogP contribution in [-0.4, -0.2) is 64.5 Å². The molecule has 1 aliphatic heterocycles. The van der Waals surface area contributed by atoms with Crippen molar-refractivity contribution in [2.75, 3.05) is 32.8 Å². The summed E-state index contributed by atoms with van der Waals surface area (Å²) >= 11 is 0. The van der Waals surface area contributed by atoms with E-state index in [0.717, 1.165) is 26.1 Å². The molecule has 0 fully saturated rings. The van der Waals surface area contributed by atoms with Crippen LogP contribution in [0.25, 0.3) is 0 Å². The lowest BCUT2D eigenvalue weighted by atomic mass is 9.96.